The third-order valence-electron chi connectivity index (χ3n) is 6.25. The summed E-state index contributed by atoms with van der Waals surface area (Å²) in [5.41, 5.74) is 1.04. The molecule has 2 saturated carbocycles. The second kappa shape index (κ2) is 4.62. The lowest BCUT2D eigenvalue weighted by Crippen LogP contribution is -2.46. The predicted molar refractivity (Wildman–Crippen MR) is 76.5 cm³/mol. The molecule has 2 spiro atoms. The second-order valence-electron chi connectivity index (χ2n) is 7.59. The number of carbonyl (C=O) groups excluding carboxylic acids is 1. The van der Waals surface area contributed by atoms with Gasteiger partial charge in [-0.2, -0.15) is 0 Å². The fraction of sp³-hybridized carbons (Fsp3) is 0.938. The monoisotopic (exact) mass is 278 g/mol. The van der Waals surface area contributed by atoms with Gasteiger partial charge < -0.3 is 15.0 Å². The normalized spacial score (nSPS) is 33.2. The summed E-state index contributed by atoms with van der Waals surface area (Å²) in [5.74, 6) is 0.704. The predicted octanol–water partition coefficient (Wildman–Crippen LogP) is 2.39. The van der Waals surface area contributed by atoms with E-state index in [0.717, 1.165) is 32.8 Å². The average Bonchev–Trinajstić information content (AvgIpc) is 3.37. The molecular formula is C16H26N2O2. The Morgan fingerprint density at radius 3 is 2.75 bits per heavy atom. The summed E-state index contributed by atoms with van der Waals surface area (Å²) in [6.07, 6.45) is 8.88. The van der Waals surface area contributed by atoms with Gasteiger partial charge in [0.25, 0.3) is 0 Å². The lowest BCUT2D eigenvalue weighted by molar-refractivity contribution is 0.0520. The van der Waals surface area contributed by atoms with Crippen molar-refractivity contribution in [1.29, 1.82) is 0 Å². The molecule has 0 bridgehead atoms. The summed E-state index contributed by atoms with van der Waals surface area (Å²) >= 11 is 0. The van der Waals surface area contributed by atoms with Crippen LogP contribution in [0.4, 0.5) is 4.79 Å². The van der Waals surface area contributed by atoms with Crippen molar-refractivity contribution in [2.75, 3.05) is 32.8 Å². The highest BCUT2D eigenvalue weighted by atomic mass is 16.5. The van der Waals surface area contributed by atoms with Crippen molar-refractivity contribution in [2.24, 2.45) is 16.7 Å². The Labute approximate surface area is 121 Å². The lowest BCUT2D eigenvalue weighted by Gasteiger charge is -2.33. The molecule has 0 radical (unpaired) electrons. The smallest absolute Gasteiger partial charge is 0.317 e. The highest BCUT2D eigenvalue weighted by molar-refractivity contribution is 5.74. The van der Waals surface area contributed by atoms with Crippen LogP contribution in [0, 0.1) is 16.7 Å². The van der Waals surface area contributed by atoms with Gasteiger partial charge in [-0.1, -0.05) is 0 Å². The van der Waals surface area contributed by atoms with E-state index >= 15 is 0 Å². The van der Waals surface area contributed by atoms with Crippen LogP contribution in [0.2, 0.25) is 0 Å². The lowest BCUT2D eigenvalue weighted by atomic mass is 9.94. The van der Waals surface area contributed by atoms with Crippen molar-refractivity contribution in [3.8, 4) is 0 Å². The first kappa shape index (κ1) is 12.9. The van der Waals surface area contributed by atoms with Crippen LogP contribution in [0.1, 0.15) is 44.9 Å². The Hall–Kier alpha value is -0.770. The van der Waals surface area contributed by atoms with Gasteiger partial charge in [0.15, 0.2) is 0 Å². The molecule has 4 heteroatoms. The SMILES string of the molecule is O=C(NCC1CC12CCOCC2)N1CCCC2(CC2)C1. The molecule has 20 heavy (non-hydrogen) atoms. The summed E-state index contributed by atoms with van der Waals surface area (Å²) in [6.45, 7) is 4.67. The van der Waals surface area contributed by atoms with Gasteiger partial charge in [0.1, 0.15) is 0 Å². The molecule has 2 aliphatic heterocycles. The van der Waals surface area contributed by atoms with Crippen molar-refractivity contribution < 1.29 is 9.53 Å². The van der Waals surface area contributed by atoms with E-state index in [0.29, 0.717) is 16.7 Å². The maximum absolute atomic E-state index is 12.3. The van der Waals surface area contributed by atoms with Gasteiger partial charge in [0, 0.05) is 32.8 Å². The molecule has 4 rings (SSSR count). The summed E-state index contributed by atoms with van der Waals surface area (Å²) < 4.78 is 5.45. The largest absolute Gasteiger partial charge is 0.381 e. The van der Waals surface area contributed by atoms with E-state index in [2.05, 4.69) is 10.2 Å². The number of likely N-dealkylation sites (tertiary alicyclic amines) is 1. The van der Waals surface area contributed by atoms with Crippen LogP contribution in [-0.2, 0) is 4.74 Å². The molecule has 0 aromatic rings. The number of nitrogens with one attached hydrogen (secondary N) is 1. The van der Waals surface area contributed by atoms with Crippen LogP contribution in [-0.4, -0.2) is 43.8 Å². The van der Waals surface area contributed by atoms with Crippen molar-refractivity contribution in [1.82, 2.24) is 10.2 Å². The number of ether oxygens (including phenoxy) is 1. The van der Waals surface area contributed by atoms with Gasteiger partial charge in [-0.05, 0) is 61.7 Å². The molecule has 1 N–H and O–H groups in total. The van der Waals surface area contributed by atoms with Crippen LogP contribution in [0.25, 0.3) is 0 Å². The fourth-order valence-corrected chi connectivity index (χ4v) is 4.40. The topological polar surface area (TPSA) is 41.6 Å². The fourth-order valence-electron chi connectivity index (χ4n) is 4.40. The zero-order valence-electron chi connectivity index (χ0n) is 12.3. The van der Waals surface area contributed by atoms with Crippen molar-refractivity contribution in [3.05, 3.63) is 0 Å². The summed E-state index contributed by atoms with van der Waals surface area (Å²) in [7, 11) is 0. The molecule has 4 nitrogen and oxygen atoms in total. The van der Waals surface area contributed by atoms with E-state index in [9.17, 15) is 4.79 Å². The third-order valence-corrected chi connectivity index (χ3v) is 6.25. The molecule has 1 atom stereocenters. The van der Waals surface area contributed by atoms with Crippen LogP contribution in [0.5, 0.6) is 0 Å². The Balaban J connectivity index is 1.24. The zero-order chi connectivity index (χ0) is 13.6. The van der Waals surface area contributed by atoms with Crippen molar-refractivity contribution in [3.63, 3.8) is 0 Å². The minimum atomic E-state index is 0.185. The first-order chi connectivity index (χ1) is 9.72. The Morgan fingerprint density at radius 2 is 2.00 bits per heavy atom. The van der Waals surface area contributed by atoms with Gasteiger partial charge in [-0.3, -0.25) is 0 Å². The molecule has 2 aliphatic carbocycles. The van der Waals surface area contributed by atoms with E-state index in [1.807, 2.05) is 0 Å². The molecule has 0 aromatic carbocycles. The number of nitrogens with zero attached hydrogens (tertiary/aromatic N) is 1. The van der Waals surface area contributed by atoms with Gasteiger partial charge >= 0.3 is 6.03 Å². The molecule has 0 aromatic heterocycles. The molecule has 4 fully saturated rings. The number of rotatable bonds is 2. The maximum atomic E-state index is 12.3. The number of piperidine rings is 1. The Kier molecular flexibility index (Phi) is 2.99. The zero-order valence-corrected chi connectivity index (χ0v) is 12.3. The maximum Gasteiger partial charge on any atom is 0.317 e. The van der Waals surface area contributed by atoms with Crippen LogP contribution in [0.15, 0.2) is 0 Å². The molecular weight excluding hydrogens is 252 g/mol. The van der Waals surface area contributed by atoms with Gasteiger partial charge in [0.05, 0.1) is 0 Å². The van der Waals surface area contributed by atoms with Gasteiger partial charge in [-0.15, -0.1) is 0 Å². The summed E-state index contributed by atoms with van der Waals surface area (Å²) in [4.78, 5) is 14.4. The van der Waals surface area contributed by atoms with Crippen molar-refractivity contribution in [2.45, 2.75) is 44.9 Å². The second-order valence-corrected chi connectivity index (χ2v) is 7.59. The molecule has 4 aliphatic rings. The minimum Gasteiger partial charge on any atom is -0.381 e. The van der Waals surface area contributed by atoms with Crippen LogP contribution < -0.4 is 5.32 Å². The third kappa shape index (κ3) is 2.32. The number of hydrogen-bond acceptors (Lipinski definition) is 2. The summed E-state index contributed by atoms with van der Waals surface area (Å²) in [6, 6.07) is 0.185. The highest BCUT2D eigenvalue weighted by Crippen LogP contribution is 2.58. The van der Waals surface area contributed by atoms with E-state index in [1.165, 1.54) is 44.9 Å². The van der Waals surface area contributed by atoms with Crippen LogP contribution in [0.3, 0.4) is 0 Å². The van der Waals surface area contributed by atoms with Gasteiger partial charge in [-0.25, -0.2) is 4.79 Å². The Morgan fingerprint density at radius 1 is 1.20 bits per heavy atom. The molecule has 112 valence electrons. The first-order valence-corrected chi connectivity index (χ1v) is 8.32. The van der Waals surface area contributed by atoms with Gasteiger partial charge in [0.2, 0.25) is 0 Å². The number of hydrogen-bond donors (Lipinski definition) is 1. The number of urea groups is 1. The average molecular weight is 278 g/mol. The quantitative estimate of drug-likeness (QED) is 0.842. The van der Waals surface area contributed by atoms with E-state index < -0.39 is 0 Å². The van der Waals surface area contributed by atoms with E-state index in [-0.39, 0.29) is 6.03 Å². The van der Waals surface area contributed by atoms with E-state index in [1.54, 1.807) is 0 Å². The molecule has 1 unspecified atom stereocenters. The van der Waals surface area contributed by atoms with Crippen molar-refractivity contribution >= 4 is 6.03 Å². The minimum absolute atomic E-state index is 0.185. The summed E-state index contributed by atoms with van der Waals surface area (Å²) in [5, 5.41) is 3.20. The molecule has 2 amide bonds. The Bertz CT molecular complexity index is 399. The van der Waals surface area contributed by atoms with Crippen LogP contribution >= 0.6 is 0 Å². The number of amides is 2. The molecule has 2 saturated heterocycles. The standard InChI is InChI=1S/C16H26N2O2/c19-14(18-7-1-2-15(12-18)3-4-15)17-11-13-10-16(13)5-8-20-9-6-16/h13H,1-12H2,(H,17,19). The number of carbonyl (C=O) groups is 1. The first-order valence-electron chi connectivity index (χ1n) is 8.32. The highest BCUT2D eigenvalue weighted by Gasteiger charge is 2.54. The molecule has 2 heterocycles. The van der Waals surface area contributed by atoms with E-state index in [4.69, 9.17) is 4.74 Å².